The third kappa shape index (κ3) is 4.78. The Morgan fingerprint density at radius 3 is 2.83 bits per heavy atom. The molecule has 1 saturated heterocycles. The number of hydrogen-bond acceptors (Lipinski definition) is 4. The number of nitrogens with two attached hydrogens (primary N) is 1. The van der Waals surface area contributed by atoms with E-state index in [4.69, 9.17) is 10.5 Å². The minimum atomic E-state index is 0.782. The van der Waals surface area contributed by atoms with Gasteiger partial charge >= 0.3 is 0 Å². The van der Waals surface area contributed by atoms with Gasteiger partial charge in [0, 0.05) is 24.5 Å². The Morgan fingerprint density at radius 2 is 2.00 bits per heavy atom. The number of anilines is 1. The summed E-state index contributed by atoms with van der Waals surface area (Å²) >= 11 is 2.07. The summed E-state index contributed by atoms with van der Waals surface area (Å²) in [7, 11) is 0. The van der Waals surface area contributed by atoms with Crippen molar-refractivity contribution in [3.05, 3.63) is 24.3 Å². The molecule has 0 atom stereocenters. The van der Waals surface area contributed by atoms with Crippen molar-refractivity contribution < 1.29 is 4.74 Å². The highest BCUT2D eigenvalue weighted by molar-refractivity contribution is 7.99. The summed E-state index contributed by atoms with van der Waals surface area (Å²) in [5.74, 6) is 3.51. The molecule has 0 aliphatic carbocycles. The van der Waals surface area contributed by atoms with E-state index in [1.54, 1.807) is 0 Å². The molecule has 1 aromatic carbocycles. The largest absolute Gasteiger partial charge is 0.494 e. The second kappa shape index (κ2) is 7.54. The number of hydrogen-bond donors (Lipinski definition) is 1. The van der Waals surface area contributed by atoms with Crippen LogP contribution in [0.4, 0.5) is 5.69 Å². The summed E-state index contributed by atoms with van der Waals surface area (Å²) in [5, 5.41) is 0. The van der Waals surface area contributed by atoms with E-state index >= 15 is 0 Å². The molecule has 1 fully saturated rings. The molecular formula is C14H22N2OS. The maximum atomic E-state index is 5.70. The zero-order chi connectivity index (χ0) is 12.6. The summed E-state index contributed by atoms with van der Waals surface area (Å²) in [6, 6.07) is 7.61. The van der Waals surface area contributed by atoms with Crippen molar-refractivity contribution in [1.82, 2.24) is 4.90 Å². The number of thioether (sulfide) groups is 1. The normalized spacial score (nSPS) is 17.3. The summed E-state index contributed by atoms with van der Waals surface area (Å²) < 4.78 is 5.70. The van der Waals surface area contributed by atoms with E-state index in [0.29, 0.717) is 0 Å². The fourth-order valence-electron chi connectivity index (χ4n) is 2.06. The molecule has 1 aliphatic heterocycles. The number of ether oxygens (including phenoxy) is 1. The van der Waals surface area contributed by atoms with Crippen LogP contribution in [-0.2, 0) is 0 Å². The molecule has 3 nitrogen and oxygen atoms in total. The maximum Gasteiger partial charge on any atom is 0.119 e. The van der Waals surface area contributed by atoms with Crippen LogP contribution in [0.1, 0.15) is 12.8 Å². The summed E-state index contributed by atoms with van der Waals surface area (Å²) in [6.45, 7) is 4.41. The molecule has 0 bridgehead atoms. The Morgan fingerprint density at radius 1 is 1.17 bits per heavy atom. The van der Waals surface area contributed by atoms with Crippen LogP contribution in [0.2, 0.25) is 0 Å². The monoisotopic (exact) mass is 266 g/mol. The van der Waals surface area contributed by atoms with Gasteiger partial charge in [-0.1, -0.05) is 0 Å². The lowest BCUT2D eigenvalue weighted by Crippen LogP contribution is -2.28. The Bertz CT molecular complexity index is 334. The highest BCUT2D eigenvalue weighted by Crippen LogP contribution is 2.14. The Labute approximate surface area is 114 Å². The quantitative estimate of drug-likeness (QED) is 0.656. The lowest BCUT2D eigenvalue weighted by molar-refractivity contribution is 0.245. The van der Waals surface area contributed by atoms with E-state index in [2.05, 4.69) is 16.7 Å². The fraction of sp³-hybridized carbons (Fsp3) is 0.571. The van der Waals surface area contributed by atoms with Crippen molar-refractivity contribution in [3.8, 4) is 5.75 Å². The smallest absolute Gasteiger partial charge is 0.119 e. The van der Waals surface area contributed by atoms with Gasteiger partial charge in [0.1, 0.15) is 5.75 Å². The number of nitrogen functional groups attached to an aromatic ring is 1. The molecule has 0 saturated carbocycles. The van der Waals surface area contributed by atoms with Gasteiger partial charge in [-0.25, -0.2) is 0 Å². The molecule has 0 amide bonds. The average molecular weight is 266 g/mol. The molecule has 100 valence electrons. The van der Waals surface area contributed by atoms with E-state index < -0.39 is 0 Å². The molecule has 0 unspecified atom stereocenters. The first-order valence-corrected chi connectivity index (χ1v) is 7.78. The second-order valence-corrected chi connectivity index (χ2v) is 5.80. The van der Waals surface area contributed by atoms with Crippen molar-refractivity contribution in [3.63, 3.8) is 0 Å². The van der Waals surface area contributed by atoms with E-state index in [9.17, 15) is 0 Å². The first-order chi connectivity index (χ1) is 8.84. The van der Waals surface area contributed by atoms with Crippen LogP contribution in [0, 0.1) is 0 Å². The third-order valence-corrected chi connectivity index (χ3v) is 4.13. The third-order valence-electron chi connectivity index (χ3n) is 3.08. The molecule has 0 aromatic heterocycles. The van der Waals surface area contributed by atoms with E-state index in [0.717, 1.165) is 31.0 Å². The van der Waals surface area contributed by atoms with Gasteiger partial charge in [-0.3, -0.25) is 0 Å². The van der Waals surface area contributed by atoms with E-state index in [1.165, 1.54) is 31.0 Å². The number of rotatable bonds is 5. The lowest BCUT2D eigenvalue weighted by Gasteiger charge is -2.19. The number of nitrogens with zero attached hydrogens (tertiary/aromatic N) is 1. The van der Waals surface area contributed by atoms with Gasteiger partial charge in [0.15, 0.2) is 0 Å². The Hall–Kier alpha value is -0.870. The molecule has 1 aliphatic rings. The van der Waals surface area contributed by atoms with Gasteiger partial charge in [0.2, 0.25) is 0 Å². The predicted molar refractivity (Wildman–Crippen MR) is 79.3 cm³/mol. The van der Waals surface area contributed by atoms with E-state index in [1.807, 2.05) is 24.3 Å². The van der Waals surface area contributed by atoms with Crippen LogP contribution in [-0.4, -0.2) is 42.6 Å². The van der Waals surface area contributed by atoms with Gasteiger partial charge in [-0.2, -0.15) is 11.8 Å². The maximum absolute atomic E-state index is 5.70. The lowest BCUT2D eigenvalue weighted by atomic mass is 10.3. The predicted octanol–water partition coefficient (Wildman–Crippen LogP) is 2.48. The molecule has 1 heterocycles. The first-order valence-electron chi connectivity index (χ1n) is 6.63. The topological polar surface area (TPSA) is 38.5 Å². The Balaban J connectivity index is 1.61. The second-order valence-electron chi connectivity index (χ2n) is 4.58. The molecular weight excluding hydrogens is 244 g/mol. The molecule has 0 spiro atoms. The first kappa shape index (κ1) is 13.6. The molecule has 18 heavy (non-hydrogen) atoms. The van der Waals surface area contributed by atoms with Gasteiger partial charge in [0.25, 0.3) is 0 Å². The highest BCUT2D eigenvalue weighted by atomic mass is 32.2. The summed E-state index contributed by atoms with van der Waals surface area (Å²) in [6.07, 6.45) is 2.42. The SMILES string of the molecule is Nc1ccc(OCCCN2CCCSCC2)cc1. The van der Waals surface area contributed by atoms with E-state index in [-0.39, 0.29) is 0 Å². The molecule has 2 N–H and O–H groups in total. The standard InChI is InChI=1S/C14H22N2OS/c15-13-3-5-14(6-4-13)17-10-1-7-16-8-2-11-18-12-9-16/h3-6H,1-2,7-12,15H2. The minimum Gasteiger partial charge on any atom is -0.494 e. The highest BCUT2D eigenvalue weighted by Gasteiger charge is 2.08. The van der Waals surface area contributed by atoms with Crippen LogP contribution in [0.5, 0.6) is 5.75 Å². The molecule has 1 aromatic rings. The summed E-state index contributed by atoms with van der Waals surface area (Å²) in [4.78, 5) is 2.55. The van der Waals surface area contributed by atoms with Crippen molar-refractivity contribution in [2.75, 3.05) is 43.5 Å². The van der Waals surface area contributed by atoms with Crippen molar-refractivity contribution in [2.24, 2.45) is 0 Å². The van der Waals surface area contributed by atoms with Crippen LogP contribution >= 0.6 is 11.8 Å². The average Bonchev–Trinajstić information content (AvgIpc) is 2.65. The van der Waals surface area contributed by atoms with Gasteiger partial charge < -0.3 is 15.4 Å². The molecule has 0 radical (unpaired) electrons. The zero-order valence-electron chi connectivity index (χ0n) is 10.8. The Kier molecular flexibility index (Phi) is 5.68. The molecule has 4 heteroatoms. The van der Waals surface area contributed by atoms with Crippen LogP contribution in [0.15, 0.2) is 24.3 Å². The van der Waals surface area contributed by atoms with Crippen LogP contribution in [0.3, 0.4) is 0 Å². The minimum absolute atomic E-state index is 0.782. The summed E-state index contributed by atoms with van der Waals surface area (Å²) in [5.41, 5.74) is 6.41. The van der Waals surface area contributed by atoms with Crippen LogP contribution in [0.25, 0.3) is 0 Å². The van der Waals surface area contributed by atoms with Gasteiger partial charge in [-0.05, 0) is 49.4 Å². The zero-order valence-corrected chi connectivity index (χ0v) is 11.6. The van der Waals surface area contributed by atoms with Crippen molar-refractivity contribution >= 4 is 17.4 Å². The van der Waals surface area contributed by atoms with Gasteiger partial charge in [0.05, 0.1) is 6.61 Å². The van der Waals surface area contributed by atoms with Crippen LogP contribution < -0.4 is 10.5 Å². The van der Waals surface area contributed by atoms with Crippen molar-refractivity contribution in [2.45, 2.75) is 12.8 Å². The molecule has 2 rings (SSSR count). The fourth-order valence-corrected chi connectivity index (χ4v) is 2.99. The van der Waals surface area contributed by atoms with Crippen molar-refractivity contribution in [1.29, 1.82) is 0 Å². The van der Waals surface area contributed by atoms with Gasteiger partial charge in [-0.15, -0.1) is 0 Å². The number of benzene rings is 1.